The highest BCUT2D eigenvalue weighted by Gasteiger charge is 2.09. The Labute approximate surface area is 159 Å². The highest BCUT2D eigenvalue weighted by atomic mass is 32.1. The van der Waals surface area contributed by atoms with Crippen LogP contribution in [-0.2, 0) is 12.8 Å². The van der Waals surface area contributed by atoms with Crippen LogP contribution in [0.15, 0.2) is 35.3 Å². The van der Waals surface area contributed by atoms with Crippen molar-refractivity contribution in [1.82, 2.24) is 0 Å². The van der Waals surface area contributed by atoms with E-state index in [0.717, 1.165) is 30.5 Å². The number of thiocarbonyl (C=S) groups is 1. The molecule has 0 unspecified atom stereocenters. The van der Waals surface area contributed by atoms with Gasteiger partial charge in [-0.3, -0.25) is 0 Å². The van der Waals surface area contributed by atoms with Gasteiger partial charge in [0.25, 0.3) is 0 Å². The maximum absolute atomic E-state index is 13.9. The summed E-state index contributed by atoms with van der Waals surface area (Å²) >= 11 is 4.39. The zero-order valence-electron chi connectivity index (χ0n) is 15.0. The van der Waals surface area contributed by atoms with Crippen molar-refractivity contribution in [3.63, 3.8) is 0 Å². The van der Waals surface area contributed by atoms with Crippen LogP contribution in [0.3, 0.4) is 0 Å². The summed E-state index contributed by atoms with van der Waals surface area (Å²) in [7, 11) is 0. The maximum atomic E-state index is 13.9. The van der Waals surface area contributed by atoms with Gasteiger partial charge in [-0.15, -0.1) is 0 Å². The van der Waals surface area contributed by atoms with Gasteiger partial charge in [0, 0.05) is 11.1 Å². The highest BCUT2D eigenvalue weighted by Crippen LogP contribution is 2.23. The molecular weight excluding hydrogens is 348 g/mol. The van der Waals surface area contributed by atoms with Crippen LogP contribution in [0.1, 0.15) is 55.4 Å². The van der Waals surface area contributed by atoms with Crippen LogP contribution in [0.5, 0.6) is 0 Å². The summed E-state index contributed by atoms with van der Waals surface area (Å²) in [5, 5.41) is 1.97. The Hall–Kier alpha value is -2.34. The number of rotatable bonds is 6. The fourth-order valence-corrected chi connectivity index (χ4v) is 2.87. The summed E-state index contributed by atoms with van der Waals surface area (Å²) in [4.78, 5) is 3.39. The van der Waals surface area contributed by atoms with Gasteiger partial charge in [-0.25, -0.2) is 8.78 Å². The van der Waals surface area contributed by atoms with Gasteiger partial charge >= 0.3 is 0 Å². The molecule has 134 valence electrons. The molecule has 0 aliphatic rings. The Kier molecular flexibility index (Phi) is 7.66. The Balaban J connectivity index is 2.25. The first-order chi connectivity index (χ1) is 12.6. The average Bonchev–Trinajstić information content (AvgIpc) is 2.63. The molecule has 26 heavy (non-hydrogen) atoms. The van der Waals surface area contributed by atoms with Gasteiger partial charge < -0.3 is 0 Å². The second-order valence-corrected chi connectivity index (χ2v) is 6.22. The van der Waals surface area contributed by atoms with E-state index in [9.17, 15) is 8.78 Å². The predicted octanol–water partition coefficient (Wildman–Crippen LogP) is 6.39. The first-order valence-corrected chi connectivity index (χ1v) is 9.20. The minimum Gasteiger partial charge on any atom is -0.204 e. The Morgan fingerprint density at radius 1 is 0.923 bits per heavy atom. The summed E-state index contributed by atoms with van der Waals surface area (Å²) in [5.74, 6) is 4.20. The molecule has 0 spiro atoms. The van der Waals surface area contributed by atoms with Gasteiger partial charge in [-0.05, 0) is 66.9 Å². The van der Waals surface area contributed by atoms with Gasteiger partial charge in [-0.1, -0.05) is 44.6 Å². The molecule has 0 bridgehead atoms. The number of halogens is 2. The average molecular weight is 369 g/mol. The van der Waals surface area contributed by atoms with E-state index in [1.54, 1.807) is 0 Å². The van der Waals surface area contributed by atoms with Gasteiger partial charge in [0.2, 0.25) is 0 Å². The molecule has 0 aromatic heterocycles. The van der Waals surface area contributed by atoms with Crippen molar-refractivity contribution >= 4 is 23.1 Å². The molecule has 0 radical (unpaired) electrons. The monoisotopic (exact) mass is 369 g/mol. The van der Waals surface area contributed by atoms with E-state index in [4.69, 9.17) is 0 Å². The molecule has 0 saturated carbocycles. The Bertz CT molecular complexity index is 864. The van der Waals surface area contributed by atoms with Gasteiger partial charge in [0.05, 0.1) is 5.16 Å². The number of hydrogen-bond acceptors (Lipinski definition) is 2. The molecule has 0 N–H and O–H groups in total. The third-order valence-corrected chi connectivity index (χ3v) is 4.25. The summed E-state index contributed by atoms with van der Waals surface area (Å²) in [6.07, 6.45) is 5.62. The lowest BCUT2D eigenvalue weighted by Gasteiger charge is -2.08. The van der Waals surface area contributed by atoms with Crippen LogP contribution < -0.4 is 0 Å². The van der Waals surface area contributed by atoms with E-state index >= 15 is 0 Å². The molecular formula is C22H21F2NS. The molecule has 0 amide bonds. The molecule has 0 heterocycles. The minimum absolute atomic E-state index is 0.258. The highest BCUT2D eigenvalue weighted by molar-refractivity contribution is 7.78. The lowest BCUT2D eigenvalue weighted by molar-refractivity contribution is 0.587. The van der Waals surface area contributed by atoms with E-state index in [0.29, 0.717) is 0 Å². The largest absolute Gasteiger partial charge is 0.204 e. The zero-order valence-corrected chi connectivity index (χ0v) is 15.9. The fourth-order valence-electron chi connectivity index (χ4n) is 2.78. The van der Waals surface area contributed by atoms with Crippen LogP contribution in [0.25, 0.3) is 0 Å². The van der Waals surface area contributed by atoms with E-state index in [1.165, 1.54) is 30.4 Å². The normalized spacial score (nSPS) is 10.0. The van der Waals surface area contributed by atoms with Crippen molar-refractivity contribution < 1.29 is 8.78 Å². The number of benzene rings is 2. The van der Waals surface area contributed by atoms with E-state index in [2.05, 4.69) is 55.0 Å². The number of unbranched alkanes of at least 4 members (excludes halogenated alkanes) is 2. The minimum atomic E-state index is -0.799. The lowest BCUT2D eigenvalue weighted by atomic mass is 9.97. The second kappa shape index (κ2) is 9.97. The standard InChI is InChI=1S/C22H21F2NS/c1-3-5-6-7-19-11-10-16(12-18(19)4-2)8-9-17-13-20(23)22(25-15-26)21(24)14-17/h10-14H,3-7H2,1-2H3. The van der Waals surface area contributed by atoms with Crippen LogP contribution in [0.2, 0.25) is 0 Å². The number of isothiocyanates is 1. The summed E-state index contributed by atoms with van der Waals surface area (Å²) in [6, 6.07) is 8.44. The molecule has 1 nitrogen and oxygen atoms in total. The van der Waals surface area contributed by atoms with E-state index < -0.39 is 17.3 Å². The zero-order chi connectivity index (χ0) is 18.9. The number of hydrogen-bond donors (Lipinski definition) is 0. The van der Waals surface area contributed by atoms with Crippen molar-refractivity contribution in [2.24, 2.45) is 4.99 Å². The van der Waals surface area contributed by atoms with Gasteiger partial charge in [-0.2, -0.15) is 4.99 Å². The molecule has 0 saturated heterocycles. The first-order valence-electron chi connectivity index (χ1n) is 8.79. The number of nitrogens with zero attached hydrogens (tertiary/aromatic N) is 1. The Morgan fingerprint density at radius 3 is 2.23 bits per heavy atom. The van der Waals surface area contributed by atoms with Crippen LogP contribution in [-0.4, -0.2) is 5.16 Å². The van der Waals surface area contributed by atoms with Crippen molar-refractivity contribution in [2.75, 3.05) is 0 Å². The van der Waals surface area contributed by atoms with Crippen molar-refractivity contribution in [3.8, 4) is 11.8 Å². The third-order valence-electron chi connectivity index (χ3n) is 4.16. The third kappa shape index (κ3) is 5.33. The predicted molar refractivity (Wildman–Crippen MR) is 106 cm³/mol. The molecule has 2 aromatic rings. The summed E-state index contributed by atoms with van der Waals surface area (Å²) in [6.45, 7) is 4.31. The van der Waals surface area contributed by atoms with Crippen molar-refractivity contribution in [1.29, 1.82) is 0 Å². The molecule has 0 fully saturated rings. The van der Waals surface area contributed by atoms with Crippen LogP contribution in [0, 0.1) is 23.5 Å². The fraction of sp³-hybridized carbons (Fsp3) is 0.318. The van der Waals surface area contributed by atoms with Gasteiger partial charge in [0.1, 0.15) is 5.69 Å². The molecule has 2 aromatic carbocycles. The Morgan fingerprint density at radius 2 is 1.62 bits per heavy atom. The number of aryl methyl sites for hydroxylation is 2. The van der Waals surface area contributed by atoms with E-state index in [-0.39, 0.29) is 5.56 Å². The lowest BCUT2D eigenvalue weighted by Crippen LogP contribution is -1.94. The summed E-state index contributed by atoms with van der Waals surface area (Å²) < 4.78 is 27.7. The summed E-state index contributed by atoms with van der Waals surface area (Å²) in [5.41, 5.74) is 3.29. The van der Waals surface area contributed by atoms with Gasteiger partial charge in [0.15, 0.2) is 11.6 Å². The smallest absolute Gasteiger partial charge is 0.153 e. The molecule has 0 aliphatic heterocycles. The number of aliphatic imine (C=N–C) groups is 1. The second-order valence-electron chi connectivity index (χ2n) is 6.04. The molecule has 2 rings (SSSR count). The van der Waals surface area contributed by atoms with E-state index in [1.807, 2.05) is 11.2 Å². The van der Waals surface area contributed by atoms with Crippen LogP contribution >= 0.6 is 12.2 Å². The maximum Gasteiger partial charge on any atom is 0.153 e. The SMILES string of the molecule is CCCCCc1ccc(C#Cc2cc(F)c(N=C=S)c(F)c2)cc1CC. The topological polar surface area (TPSA) is 12.4 Å². The molecule has 4 heteroatoms. The first kappa shape index (κ1) is 20.0. The molecule has 0 aliphatic carbocycles. The van der Waals surface area contributed by atoms with Crippen molar-refractivity contribution in [3.05, 3.63) is 64.2 Å². The van der Waals surface area contributed by atoms with Crippen LogP contribution in [0.4, 0.5) is 14.5 Å². The quantitative estimate of drug-likeness (QED) is 0.249. The van der Waals surface area contributed by atoms with Crippen molar-refractivity contribution in [2.45, 2.75) is 46.0 Å². The molecule has 0 atom stereocenters.